The van der Waals surface area contributed by atoms with Crippen LogP contribution in [-0.4, -0.2) is 51.1 Å². The van der Waals surface area contributed by atoms with Crippen LogP contribution in [0.4, 0.5) is 11.4 Å². The molecule has 0 saturated carbocycles. The van der Waals surface area contributed by atoms with E-state index in [1.807, 2.05) is 13.0 Å². The predicted molar refractivity (Wildman–Crippen MR) is 184 cm³/mol. The van der Waals surface area contributed by atoms with Gasteiger partial charge in [0.2, 0.25) is 18.4 Å². The molecule has 0 bridgehead atoms. The molecule has 0 saturated heterocycles. The van der Waals surface area contributed by atoms with Crippen LogP contribution >= 0.6 is 11.8 Å². The summed E-state index contributed by atoms with van der Waals surface area (Å²) in [6, 6.07) is 24.3. The largest absolute Gasteiger partial charge is 0.493 e. The van der Waals surface area contributed by atoms with Gasteiger partial charge in [0, 0.05) is 27.9 Å². The van der Waals surface area contributed by atoms with Gasteiger partial charge in [-0.3, -0.25) is 14.4 Å². The van der Waals surface area contributed by atoms with Crippen molar-refractivity contribution in [2.24, 2.45) is 0 Å². The molecule has 0 aliphatic carbocycles. The molecule has 3 N–H and O–H groups in total. The zero-order valence-corrected chi connectivity index (χ0v) is 27.6. The van der Waals surface area contributed by atoms with Crippen LogP contribution in [0.3, 0.4) is 0 Å². The van der Waals surface area contributed by atoms with E-state index in [2.05, 4.69) is 16.0 Å². The standard InChI is InChI=1S/C36H35N3O8S/c1-5-32(36(42)38-25-14-15-28-29(20-25)47-21-46-28)48-26-13-9-12-24(19-26)37-35(41)27(39-34(40)23-10-7-6-8-11-23)16-22-17-30(43-2)33(45-4)31(18-22)44-3/h6-20,32H,5,21H2,1-4H3,(H,37,41)(H,38,42)(H,39,40)/b27-16+. The molecule has 0 aromatic heterocycles. The third-order valence-corrected chi connectivity index (χ3v) is 8.56. The number of ether oxygens (including phenoxy) is 5. The van der Waals surface area contributed by atoms with Crippen molar-refractivity contribution in [2.75, 3.05) is 38.8 Å². The number of nitrogens with one attached hydrogen (secondary N) is 3. The summed E-state index contributed by atoms with van der Waals surface area (Å²) >= 11 is 1.37. The number of benzene rings is 4. The molecule has 5 rings (SSSR count). The van der Waals surface area contributed by atoms with Gasteiger partial charge in [0.15, 0.2) is 23.0 Å². The number of carbonyl (C=O) groups is 3. The van der Waals surface area contributed by atoms with Crippen molar-refractivity contribution in [3.63, 3.8) is 0 Å². The molecule has 248 valence electrons. The molecular formula is C36H35N3O8S. The summed E-state index contributed by atoms with van der Waals surface area (Å²) in [4.78, 5) is 40.8. The van der Waals surface area contributed by atoms with Crippen LogP contribution in [0, 0.1) is 0 Å². The van der Waals surface area contributed by atoms with E-state index >= 15 is 0 Å². The smallest absolute Gasteiger partial charge is 0.272 e. The summed E-state index contributed by atoms with van der Waals surface area (Å²) in [6.07, 6.45) is 2.08. The molecule has 0 spiro atoms. The highest BCUT2D eigenvalue weighted by Crippen LogP contribution is 2.39. The number of rotatable bonds is 13. The third kappa shape index (κ3) is 8.20. The molecule has 3 amide bonds. The van der Waals surface area contributed by atoms with Gasteiger partial charge in [-0.15, -0.1) is 11.8 Å². The van der Waals surface area contributed by atoms with Crippen molar-refractivity contribution in [2.45, 2.75) is 23.5 Å². The number of thioether (sulfide) groups is 1. The van der Waals surface area contributed by atoms with E-state index in [1.54, 1.807) is 78.9 Å². The molecular weight excluding hydrogens is 634 g/mol. The van der Waals surface area contributed by atoms with Gasteiger partial charge in [-0.1, -0.05) is 31.2 Å². The molecule has 1 aliphatic heterocycles. The van der Waals surface area contributed by atoms with Crippen LogP contribution in [0.1, 0.15) is 29.3 Å². The quantitative estimate of drug-likeness (QED) is 0.110. The molecule has 12 heteroatoms. The van der Waals surface area contributed by atoms with E-state index in [0.717, 1.165) is 4.90 Å². The molecule has 1 aliphatic rings. The maximum atomic E-state index is 13.7. The lowest BCUT2D eigenvalue weighted by atomic mass is 10.1. The predicted octanol–water partition coefficient (Wildman–Crippen LogP) is 6.36. The second kappa shape index (κ2) is 15.8. The fourth-order valence-corrected chi connectivity index (χ4v) is 5.84. The molecule has 11 nitrogen and oxygen atoms in total. The average Bonchev–Trinajstić information content (AvgIpc) is 3.58. The van der Waals surface area contributed by atoms with Crippen LogP contribution in [0.15, 0.2) is 95.5 Å². The number of hydrogen-bond donors (Lipinski definition) is 3. The lowest BCUT2D eigenvalue weighted by molar-refractivity contribution is -0.116. The van der Waals surface area contributed by atoms with Crippen molar-refractivity contribution >= 4 is 46.9 Å². The van der Waals surface area contributed by atoms with Gasteiger partial charge in [0.25, 0.3) is 11.8 Å². The minimum atomic E-state index is -0.567. The topological polar surface area (TPSA) is 133 Å². The van der Waals surface area contributed by atoms with E-state index < -0.39 is 17.1 Å². The fraction of sp³-hybridized carbons (Fsp3) is 0.194. The second-order valence-electron chi connectivity index (χ2n) is 10.4. The van der Waals surface area contributed by atoms with Crippen molar-refractivity contribution in [3.05, 3.63) is 102 Å². The summed E-state index contributed by atoms with van der Waals surface area (Å²) < 4.78 is 27.1. The molecule has 1 unspecified atom stereocenters. The molecule has 4 aromatic rings. The Kier molecular flexibility index (Phi) is 11.1. The Morgan fingerprint density at radius 3 is 2.21 bits per heavy atom. The first-order valence-corrected chi connectivity index (χ1v) is 15.9. The lowest BCUT2D eigenvalue weighted by Gasteiger charge is -2.16. The van der Waals surface area contributed by atoms with Crippen LogP contribution in [0.5, 0.6) is 28.7 Å². The maximum absolute atomic E-state index is 13.7. The van der Waals surface area contributed by atoms with Gasteiger partial charge in [0.05, 0.1) is 26.6 Å². The first-order chi connectivity index (χ1) is 23.3. The Morgan fingerprint density at radius 1 is 0.812 bits per heavy atom. The Balaban J connectivity index is 1.35. The van der Waals surface area contributed by atoms with E-state index in [-0.39, 0.29) is 18.4 Å². The van der Waals surface area contributed by atoms with Crippen LogP contribution in [0.25, 0.3) is 6.08 Å². The minimum absolute atomic E-state index is 0.0225. The zero-order valence-electron chi connectivity index (χ0n) is 26.8. The highest BCUT2D eigenvalue weighted by atomic mass is 32.2. The highest BCUT2D eigenvalue weighted by Gasteiger charge is 2.21. The summed E-state index contributed by atoms with van der Waals surface area (Å²) in [5.74, 6) is 1.17. The maximum Gasteiger partial charge on any atom is 0.272 e. The van der Waals surface area contributed by atoms with Gasteiger partial charge in [-0.25, -0.2) is 0 Å². The molecule has 1 atom stereocenters. The SMILES string of the molecule is CCC(Sc1cccc(NC(=O)/C(=C\c2cc(OC)c(OC)c(OC)c2)NC(=O)c2ccccc2)c1)C(=O)Nc1ccc2c(c1)OCO2. The van der Waals surface area contributed by atoms with Crippen molar-refractivity contribution in [3.8, 4) is 28.7 Å². The van der Waals surface area contributed by atoms with Crippen molar-refractivity contribution < 1.29 is 38.1 Å². The number of hydrogen-bond acceptors (Lipinski definition) is 9. The number of anilines is 2. The summed E-state index contributed by atoms with van der Waals surface area (Å²) in [6.45, 7) is 2.08. The van der Waals surface area contributed by atoms with Gasteiger partial charge in [0.1, 0.15) is 5.70 Å². The number of methoxy groups -OCH3 is 3. The number of amides is 3. The molecule has 0 radical (unpaired) electrons. The van der Waals surface area contributed by atoms with Gasteiger partial charge >= 0.3 is 0 Å². The third-order valence-electron chi connectivity index (χ3n) is 7.20. The second-order valence-corrected chi connectivity index (χ2v) is 11.7. The first-order valence-electron chi connectivity index (χ1n) is 15.0. The average molecular weight is 670 g/mol. The monoisotopic (exact) mass is 669 g/mol. The van der Waals surface area contributed by atoms with Crippen LogP contribution in [0.2, 0.25) is 0 Å². The minimum Gasteiger partial charge on any atom is -0.493 e. The molecule has 48 heavy (non-hydrogen) atoms. The Hall–Kier alpha value is -5.62. The van der Waals surface area contributed by atoms with E-state index in [1.165, 1.54) is 39.2 Å². The van der Waals surface area contributed by atoms with Crippen molar-refractivity contribution in [1.29, 1.82) is 0 Å². The summed E-state index contributed by atoms with van der Waals surface area (Å²) in [7, 11) is 4.48. The number of carbonyl (C=O) groups excluding carboxylic acids is 3. The normalized spacial score (nSPS) is 12.5. The fourth-order valence-electron chi connectivity index (χ4n) is 4.82. The first kappa shape index (κ1) is 33.7. The van der Waals surface area contributed by atoms with Gasteiger partial charge in [-0.2, -0.15) is 0 Å². The Labute approximate surface area is 282 Å². The Bertz CT molecular complexity index is 1800. The van der Waals surface area contributed by atoms with Crippen LogP contribution < -0.4 is 39.6 Å². The zero-order chi connectivity index (χ0) is 34.0. The van der Waals surface area contributed by atoms with Gasteiger partial charge < -0.3 is 39.6 Å². The molecule has 4 aromatic carbocycles. The van der Waals surface area contributed by atoms with E-state index in [9.17, 15) is 14.4 Å². The summed E-state index contributed by atoms with van der Waals surface area (Å²) in [5, 5.41) is 8.14. The summed E-state index contributed by atoms with van der Waals surface area (Å²) in [5.41, 5.74) is 1.95. The molecule has 1 heterocycles. The van der Waals surface area contributed by atoms with Crippen LogP contribution in [-0.2, 0) is 9.59 Å². The highest BCUT2D eigenvalue weighted by molar-refractivity contribution is 8.00. The Morgan fingerprint density at radius 2 is 1.52 bits per heavy atom. The van der Waals surface area contributed by atoms with E-state index in [4.69, 9.17) is 23.7 Å². The van der Waals surface area contributed by atoms with Gasteiger partial charge in [-0.05, 0) is 72.7 Å². The molecule has 0 fully saturated rings. The van der Waals surface area contributed by atoms with Crippen molar-refractivity contribution in [1.82, 2.24) is 5.32 Å². The number of fused-ring (bicyclic) bond motifs is 1. The van der Waals surface area contributed by atoms with E-state index in [0.29, 0.717) is 57.7 Å². The lowest BCUT2D eigenvalue weighted by Crippen LogP contribution is -2.30.